The Kier molecular flexibility index (Phi) is 8.50. The lowest BCUT2D eigenvalue weighted by molar-refractivity contribution is -0.321. The predicted octanol–water partition coefficient (Wildman–Crippen LogP) is 0.593. The van der Waals surface area contributed by atoms with Gasteiger partial charge in [0.05, 0.1) is 6.04 Å². The molecule has 37 heavy (non-hydrogen) atoms. The van der Waals surface area contributed by atoms with Crippen LogP contribution < -0.4 is 16.0 Å². The van der Waals surface area contributed by atoms with Crippen molar-refractivity contribution in [2.75, 3.05) is 19.7 Å². The van der Waals surface area contributed by atoms with Crippen LogP contribution in [0.15, 0.2) is 0 Å². The minimum absolute atomic E-state index is 0.152. The molecule has 2 aliphatic heterocycles. The maximum atomic E-state index is 14.5. The zero-order valence-electron chi connectivity index (χ0n) is 20.8. The number of ketones is 1. The van der Waals surface area contributed by atoms with E-state index >= 15 is 0 Å². The second-order valence-corrected chi connectivity index (χ2v) is 10.8. The molecule has 0 spiro atoms. The summed E-state index contributed by atoms with van der Waals surface area (Å²) in [7, 11) is 0. The van der Waals surface area contributed by atoms with Gasteiger partial charge in [0, 0.05) is 30.5 Å². The van der Waals surface area contributed by atoms with Crippen molar-refractivity contribution in [3.8, 4) is 0 Å². The zero-order valence-corrected chi connectivity index (χ0v) is 20.8. The Balaban J connectivity index is 1.81. The van der Waals surface area contributed by atoms with Gasteiger partial charge >= 0.3 is 18.2 Å². The zero-order chi connectivity index (χ0) is 27.7. The van der Waals surface area contributed by atoms with E-state index in [1.807, 2.05) is 0 Å². The molecular formula is C23H32F4N4O6. The van der Waals surface area contributed by atoms with Crippen LogP contribution in [0.3, 0.4) is 0 Å². The molecule has 6 atom stereocenters. The fourth-order valence-electron chi connectivity index (χ4n) is 5.27. The first kappa shape index (κ1) is 28.8. The van der Waals surface area contributed by atoms with Gasteiger partial charge in [-0.15, -0.1) is 13.2 Å². The van der Waals surface area contributed by atoms with Crippen molar-refractivity contribution in [3.63, 3.8) is 0 Å². The number of ether oxygens (including phenoxy) is 1. The Morgan fingerprint density at radius 3 is 2.35 bits per heavy atom. The predicted molar refractivity (Wildman–Crippen MR) is 119 cm³/mol. The molecule has 3 rings (SSSR count). The first-order valence-corrected chi connectivity index (χ1v) is 12.2. The summed E-state index contributed by atoms with van der Waals surface area (Å²) >= 11 is 0. The lowest BCUT2D eigenvalue weighted by Gasteiger charge is -2.30. The molecule has 10 nitrogen and oxygen atoms in total. The summed E-state index contributed by atoms with van der Waals surface area (Å²) in [6, 6.07) is -2.83. The normalized spacial score (nSPS) is 28.5. The largest absolute Gasteiger partial charge is 0.522 e. The second kappa shape index (κ2) is 10.9. The van der Waals surface area contributed by atoms with Gasteiger partial charge in [0.1, 0.15) is 18.8 Å². The Morgan fingerprint density at radius 2 is 1.78 bits per heavy atom. The maximum Gasteiger partial charge on any atom is 0.522 e. The second-order valence-electron chi connectivity index (χ2n) is 10.8. The Labute approximate surface area is 211 Å². The van der Waals surface area contributed by atoms with Crippen molar-refractivity contribution < 1.29 is 46.3 Å². The van der Waals surface area contributed by atoms with Crippen LogP contribution >= 0.6 is 0 Å². The van der Waals surface area contributed by atoms with Crippen LogP contribution in [0.1, 0.15) is 46.5 Å². The number of carbonyl (C=O) groups is 5. The van der Waals surface area contributed by atoms with Crippen LogP contribution in [-0.2, 0) is 28.7 Å². The fraction of sp³-hybridized carbons (Fsp3) is 0.783. The number of nitrogens with one attached hydrogen (secondary N) is 3. The third-order valence-corrected chi connectivity index (χ3v) is 6.92. The van der Waals surface area contributed by atoms with Crippen molar-refractivity contribution >= 4 is 29.4 Å². The van der Waals surface area contributed by atoms with Crippen LogP contribution in [0.4, 0.5) is 17.6 Å². The summed E-state index contributed by atoms with van der Waals surface area (Å²) in [5, 5.41) is 7.43. The molecule has 0 radical (unpaired) electrons. The number of alkyl halides is 4. The maximum absolute atomic E-state index is 14.5. The molecule has 2 saturated heterocycles. The summed E-state index contributed by atoms with van der Waals surface area (Å²) in [5.74, 6) is -6.53. The summed E-state index contributed by atoms with van der Waals surface area (Å²) in [6.45, 7) is 3.68. The summed E-state index contributed by atoms with van der Waals surface area (Å²) in [5.41, 5.74) is -0.763. The standard InChI is InChI=1S/C23H32F4N4O6/c1-22(2,3)30-20(35)21(36)31-9-13-12(4-5-14(13)24)17(31)19(34)29-15(8-11-6-7-28-18(11)33)16(32)10-37-23(25,26)27/h11-15,17H,4-10H2,1-3H3,(H,28,33)(H,29,34)(H,30,35)/t11?,12?,13?,14?,15?,17-/m0/s1. The Bertz CT molecular complexity index is 937. The van der Waals surface area contributed by atoms with Crippen LogP contribution in [0, 0.1) is 17.8 Å². The molecule has 1 aliphatic carbocycles. The number of carbonyl (C=O) groups excluding carboxylic acids is 5. The number of rotatable bonds is 7. The Hall–Kier alpha value is -2.77. The van der Waals surface area contributed by atoms with Crippen molar-refractivity contribution in [3.05, 3.63) is 0 Å². The highest BCUT2D eigenvalue weighted by Gasteiger charge is 2.54. The number of likely N-dealkylation sites (tertiary alicyclic amines) is 1. The molecule has 5 unspecified atom stereocenters. The van der Waals surface area contributed by atoms with Crippen LogP contribution in [0.5, 0.6) is 0 Å². The van der Waals surface area contributed by atoms with E-state index < -0.39 is 83.9 Å². The van der Waals surface area contributed by atoms with E-state index in [9.17, 15) is 41.5 Å². The number of amides is 4. The Morgan fingerprint density at radius 1 is 1.11 bits per heavy atom. The SMILES string of the molecule is CC(C)(C)NC(=O)C(=O)N1CC2C(F)CCC2[C@H]1C(=O)NC(CC1CCNC1=O)C(=O)COC(F)(F)F. The highest BCUT2D eigenvalue weighted by molar-refractivity contribution is 6.35. The highest BCUT2D eigenvalue weighted by Crippen LogP contribution is 2.44. The molecule has 3 fully saturated rings. The smallest absolute Gasteiger partial charge is 0.356 e. The topological polar surface area (TPSA) is 134 Å². The highest BCUT2D eigenvalue weighted by atomic mass is 19.4. The van der Waals surface area contributed by atoms with Gasteiger partial charge in [0.15, 0.2) is 5.78 Å². The van der Waals surface area contributed by atoms with Gasteiger partial charge in [0.2, 0.25) is 11.8 Å². The molecule has 3 aliphatic rings. The van der Waals surface area contributed by atoms with Gasteiger partial charge in [0.25, 0.3) is 0 Å². The lowest BCUT2D eigenvalue weighted by Crippen LogP contribution is -2.57. The van der Waals surface area contributed by atoms with Gasteiger partial charge in [-0.05, 0) is 52.4 Å². The van der Waals surface area contributed by atoms with Gasteiger partial charge in [-0.25, -0.2) is 4.39 Å². The number of halogens is 4. The van der Waals surface area contributed by atoms with Gasteiger partial charge in [-0.1, -0.05) is 0 Å². The summed E-state index contributed by atoms with van der Waals surface area (Å²) in [4.78, 5) is 64.5. The molecule has 1 saturated carbocycles. The molecule has 14 heteroatoms. The average molecular weight is 537 g/mol. The molecule has 3 N–H and O–H groups in total. The third-order valence-electron chi connectivity index (χ3n) is 6.92. The van der Waals surface area contributed by atoms with Gasteiger partial charge in [-0.3, -0.25) is 28.7 Å². The monoisotopic (exact) mass is 536 g/mol. The molecular weight excluding hydrogens is 504 g/mol. The summed E-state index contributed by atoms with van der Waals surface area (Å²) in [6.07, 6.45) is -5.95. The quantitative estimate of drug-likeness (QED) is 0.322. The first-order valence-electron chi connectivity index (χ1n) is 12.2. The van der Waals surface area contributed by atoms with Crippen molar-refractivity contribution in [1.82, 2.24) is 20.9 Å². The molecule has 0 aromatic heterocycles. The fourth-order valence-corrected chi connectivity index (χ4v) is 5.27. The number of hydrogen-bond donors (Lipinski definition) is 3. The van der Waals surface area contributed by atoms with Crippen LogP contribution in [-0.4, -0.2) is 84.2 Å². The number of nitrogens with zero attached hydrogens (tertiary/aromatic N) is 1. The van der Waals surface area contributed by atoms with Gasteiger partial charge in [-0.2, -0.15) is 0 Å². The minimum atomic E-state index is -5.09. The van der Waals surface area contributed by atoms with Crippen molar-refractivity contribution in [2.24, 2.45) is 17.8 Å². The van der Waals surface area contributed by atoms with E-state index in [-0.39, 0.29) is 25.8 Å². The van der Waals surface area contributed by atoms with Gasteiger partial charge < -0.3 is 20.9 Å². The average Bonchev–Trinajstić information content (AvgIpc) is 3.45. The van der Waals surface area contributed by atoms with E-state index in [4.69, 9.17) is 0 Å². The lowest BCUT2D eigenvalue weighted by atomic mass is 9.91. The number of hydrogen-bond acceptors (Lipinski definition) is 6. The molecule has 0 aromatic carbocycles. The van der Waals surface area contributed by atoms with E-state index in [0.29, 0.717) is 13.0 Å². The van der Waals surface area contributed by atoms with E-state index in [1.54, 1.807) is 20.8 Å². The van der Waals surface area contributed by atoms with E-state index in [2.05, 4.69) is 20.7 Å². The molecule has 0 bridgehead atoms. The van der Waals surface area contributed by atoms with Crippen LogP contribution in [0.2, 0.25) is 0 Å². The first-order chi connectivity index (χ1) is 17.1. The van der Waals surface area contributed by atoms with E-state index in [1.165, 1.54) is 0 Å². The minimum Gasteiger partial charge on any atom is -0.356 e. The van der Waals surface area contributed by atoms with Crippen molar-refractivity contribution in [1.29, 1.82) is 0 Å². The number of Topliss-reactive ketones (excluding diaryl/α,β-unsaturated/α-hetero) is 1. The third kappa shape index (κ3) is 7.17. The molecule has 4 amide bonds. The summed E-state index contributed by atoms with van der Waals surface area (Å²) < 4.78 is 55.8. The molecule has 208 valence electrons. The van der Waals surface area contributed by atoms with E-state index in [0.717, 1.165) is 4.90 Å². The number of fused-ring (bicyclic) bond motifs is 1. The molecule has 2 heterocycles. The van der Waals surface area contributed by atoms with Crippen LogP contribution in [0.25, 0.3) is 0 Å². The van der Waals surface area contributed by atoms with Crippen molar-refractivity contribution in [2.45, 2.75) is 76.6 Å². The molecule has 0 aromatic rings.